The van der Waals surface area contributed by atoms with Crippen molar-refractivity contribution in [1.82, 2.24) is 5.32 Å². The van der Waals surface area contributed by atoms with Crippen LogP contribution in [0.1, 0.15) is 187 Å². The Labute approximate surface area is 294 Å². The summed E-state index contributed by atoms with van der Waals surface area (Å²) in [5, 5.41) is 54.1. The van der Waals surface area contributed by atoms with Crippen molar-refractivity contribution in [3.63, 3.8) is 0 Å². The van der Waals surface area contributed by atoms with Gasteiger partial charge in [0.25, 0.3) is 0 Å². The van der Waals surface area contributed by atoms with Gasteiger partial charge in [0.2, 0.25) is 5.91 Å². The number of aliphatic hydroxyl groups is 5. The van der Waals surface area contributed by atoms with Crippen LogP contribution < -0.4 is 5.32 Å². The van der Waals surface area contributed by atoms with Crippen molar-refractivity contribution in [1.29, 1.82) is 0 Å². The molecule has 1 heterocycles. The zero-order chi connectivity index (χ0) is 35.2. The predicted octanol–water partition coefficient (Wildman–Crippen LogP) is 7.22. The summed E-state index contributed by atoms with van der Waals surface area (Å²) in [5.41, 5.74) is 0. The van der Waals surface area contributed by atoms with Crippen molar-refractivity contribution < 1.29 is 39.8 Å². The van der Waals surface area contributed by atoms with Crippen LogP contribution in [0.25, 0.3) is 0 Å². The number of hydrogen-bond acceptors (Lipinski definition) is 8. The van der Waals surface area contributed by atoms with Crippen LogP contribution in [0.5, 0.6) is 0 Å². The van der Waals surface area contributed by atoms with Crippen LogP contribution in [0.4, 0.5) is 0 Å². The molecule has 0 spiro atoms. The van der Waals surface area contributed by atoms with E-state index >= 15 is 0 Å². The molecular formula is C39H77NO8. The van der Waals surface area contributed by atoms with Crippen molar-refractivity contribution >= 4 is 5.91 Å². The summed E-state index contributed by atoms with van der Waals surface area (Å²) in [7, 11) is 0. The summed E-state index contributed by atoms with van der Waals surface area (Å²) in [5.74, 6) is -0.144. The smallest absolute Gasteiger partial charge is 0.220 e. The zero-order valence-electron chi connectivity index (χ0n) is 31.0. The molecule has 1 aliphatic rings. The first kappa shape index (κ1) is 45.2. The van der Waals surface area contributed by atoms with E-state index in [0.29, 0.717) is 12.8 Å². The zero-order valence-corrected chi connectivity index (χ0v) is 31.0. The molecule has 7 atom stereocenters. The quantitative estimate of drug-likeness (QED) is 0.0396. The molecule has 286 valence electrons. The van der Waals surface area contributed by atoms with Gasteiger partial charge in [-0.15, -0.1) is 0 Å². The Bertz CT molecular complexity index is 726. The number of ether oxygens (including phenoxy) is 2. The van der Waals surface area contributed by atoms with Gasteiger partial charge in [0, 0.05) is 6.42 Å². The third-order valence-corrected chi connectivity index (χ3v) is 9.96. The highest BCUT2D eigenvalue weighted by molar-refractivity contribution is 5.76. The fraction of sp³-hybridized carbons (Fsp3) is 0.974. The Morgan fingerprint density at radius 2 is 1.04 bits per heavy atom. The summed E-state index contributed by atoms with van der Waals surface area (Å²) in [6.07, 6.45) is 23.9. The Hall–Kier alpha value is -0.810. The second-order valence-corrected chi connectivity index (χ2v) is 14.4. The molecule has 6 N–H and O–H groups in total. The lowest BCUT2D eigenvalue weighted by Crippen LogP contribution is -2.60. The summed E-state index contributed by atoms with van der Waals surface area (Å²) in [4.78, 5) is 12.9. The Kier molecular flexibility index (Phi) is 29.2. The molecule has 0 aromatic heterocycles. The van der Waals surface area contributed by atoms with Gasteiger partial charge in [0.1, 0.15) is 24.4 Å². The highest BCUT2D eigenvalue weighted by Crippen LogP contribution is 2.23. The van der Waals surface area contributed by atoms with Gasteiger partial charge in [0.05, 0.1) is 25.4 Å². The molecule has 9 heteroatoms. The molecule has 0 saturated carbocycles. The number of nitrogens with one attached hydrogen (secondary N) is 1. The molecule has 2 unspecified atom stereocenters. The van der Waals surface area contributed by atoms with Gasteiger partial charge in [0.15, 0.2) is 6.29 Å². The molecular weight excluding hydrogens is 610 g/mol. The van der Waals surface area contributed by atoms with E-state index in [2.05, 4.69) is 19.2 Å². The van der Waals surface area contributed by atoms with Gasteiger partial charge in [-0.05, 0) is 12.8 Å². The molecule has 0 aromatic carbocycles. The monoisotopic (exact) mass is 688 g/mol. The van der Waals surface area contributed by atoms with Crippen LogP contribution in [-0.2, 0) is 14.3 Å². The molecule has 1 aliphatic heterocycles. The van der Waals surface area contributed by atoms with Gasteiger partial charge < -0.3 is 40.3 Å². The third kappa shape index (κ3) is 22.1. The maximum atomic E-state index is 12.9. The van der Waals surface area contributed by atoms with Gasteiger partial charge in [-0.3, -0.25) is 4.79 Å². The lowest BCUT2D eigenvalue weighted by atomic mass is 9.99. The van der Waals surface area contributed by atoms with Gasteiger partial charge >= 0.3 is 0 Å². The van der Waals surface area contributed by atoms with E-state index in [1.54, 1.807) is 0 Å². The van der Waals surface area contributed by atoms with E-state index in [1.807, 2.05) is 0 Å². The van der Waals surface area contributed by atoms with E-state index in [9.17, 15) is 30.3 Å². The van der Waals surface area contributed by atoms with E-state index in [1.165, 1.54) is 122 Å². The van der Waals surface area contributed by atoms with Gasteiger partial charge in [-0.1, -0.05) is 168 Å². The van der Waals surface area contributed by atoms with E-state index < -0.39 is 49.5 Å². The maximum Gasteiger partial charge on any atom is 0.220 e. The van der Waals surface area contributed by atoms with Crippen LogP contribution in [0.2, 0.25) is 0 Å². The first-order chi connectivity index (χ1) is 23.3. The topological polar surface area (TPSA) is 149 Å². The minimum atomic E-state index is -1.55. The highest BCUT2D eigenvalue weighted by Gasteiger charge is 2.44. The standard InChI is InChI=1S/C39H77NO8/c1-3-5-7-9-11-13-15-16-17-19-21-23-25-27-29-35(43)40-32(31-47-39-38(46)37(45)36(44)34(30-41)48-39)33(42)28-26-24-22-20-18-14-12-10-8-6-4-2/h32-34,36-39,41-42,44-46H,3-31H2,1-2H3,(H,40,43)/t32-,33+,34-,36-,37?,38?,39-/m0/s1. The SMILES string of the molecule is CCCCCCCCCCCCCCCCC(=O)N[C@@H](CO[C@H]1O[C@@H](CO)[C@H](O)C(O)C1O)[C@H](O)CCCCCCCCCCCCC. The number of aliphatic hydroxyl groups excluding tert-OH is 5. The van der Waals surface area contributed by atoms with Crippen LogP contribution in [0.15, 0.2) is 0 Å². The Morgan fingerprint density at radius 1 is 0.625 bits per heavy atom. The molecule has 9 nitrogen and oxygen atoms in total. The molecule has 0 radical (unpaired) electrons. The van der Waals surface area contributed by atoms with Crippen molar-refractivity contribution in [3.8, 4) is 0 Å². The van der Waals surface area contributed by atoms with Crippen molar-refractivity contribution in [2.45, 2.75) is 230 Å². The average molecular weight is 688 g/mol. The van der Waals surface area contributed by atoms with E-state index in [4.69, 9.17) is 9.47 Å². The number of carbonyl (C=O) groups is 1. The van der Waals surface area contributed by atoms with Crippen molar-refractivity contribution in [2.24, 2.45) is 0 Å². The summed E-state index contributed by atoms with van der Waals surface area (Å²) in [6.45, 7) is 3.81. The number of carbonyl (C=O) groups excluding carboxylic acids is 1. The molecule has 0 aliphatic carbocycles. The van der Waals surface area contributed by atoms with Crippen molar-refractivity contribution in [2.75, 3.05) is 13.2 Å². The molecule has 0 bridgehead atoms. The lowest BCUT2D eigenvalue weighted by molar-refractivity contribution is -0.302. The van der Waals surface area contributed by atoms with Crippen LogP contribution in [0, 0.1) is 0 Å². The normalized spacial score (nSPS) is 22.5. The summed E-state index contributed by atoms with van der Waals surface area (Å²) < 4.78 is 11.2. The second kappa shape index (κ2) is 31.0. The Balaban J connectivity index is 2.38. The molecule has 48 heavy (non-hydrogen) atoms. The molecule has 0 aromatic rings. The lowest BCUT2D eigenvalue weighted by Gasteiger charge is -2.40. The second-order valence-electron chi connectivity index (χ2n) is 14.4. The fourth-order valence-electron chi connectivity index (χ4n) is 6.63. The third-order valence-electron chi connectivity index (χ3n) is 9.96. The number of unbranched alkanes of at least 4 members (excludes halogenated alkanes) is 23. The fourth-order valence-corrected chi connectivity index (χ4v) is 6.63. The predicted molar refractivity (Wildman–Crippen MR) is 194 cm³/mol. The van der Waals surface area contributed by atoms with Crippen LogP contribution >= 0.6 is 0 Å². The van der Waals surface area contributed by atoms with Gasteiger partial charge in [-0.2, -0.15) is 0 Å². The van der Waals surface area contributed by atoms with Crippen LogP contribution in [0.3, 0.4) is 0 Å². The van der Waals surface area contributed by atoms with Crippen LogP contribution in [-0.4, -0.2) is 87.5 Å². The van der Waals surface area contributed by atoms with Crippen molar-refractivity contribution in [3.05, 3.63) is 0 Å². The summed E-state index contributed by atoms with van der Waals surface area (Å²) >= 11 is 0. The van der Waals surface area contributed by atoms with E-state index in [-0.39, 0.29) is 12.5 Å². The number of hydrogen-bond donors (Lipinski definition) is 6. The average Bonchev–Trinajstić information content (AvgIpc) is 3.08. The van der Waals surface area contributed by atoms with Gasteiger partial charge in [-0.25, -0.2) is 0 Å². The largest absolute Gasteiger partial charge is 0.394 e. The number of amides is 1. The molecule has 1 rings (SSSR count). The molecule has 1 amide bonds. The first-order valence-corrected chi connectivity index (χ1v) is 20.2. The minimum absolute atomic E-state index is 0.133. The van der Waals surface area contributed by atoms with E-state index in [0.717, 1.165) is 38.5 Å². The highest BCUT2D eigenvalue weighted by atomic mass is 16.7. The molecule has 1 fully saturated rings. The maximum absolute atomic E-state index is 12.9. The Morgan fingerprint density at radius 3 is 1.48 bits per heavy atom. The first-order valence-electron chi connectivity index (χ1n) is 20.2. The summed E-state index contributed by atoms with van der Waals surface area (Å²) in [6, 6.07) is -0.709. The minimum Gasteiger partial charge on any atom is -0.394 e. The number of rotatable bonds is 33. The molecule has 1 saturated heterocycles.